The standard InChI is InChI=1S/C28H17ClFN5OS/c29-21-11-9-19(10-12-21)26-20(17-34(33-26)23-4-2-1-3-5-23)16-24-27(36)35-28(37-24)31-25(32-35)15-8-18-6-13-22(30)14-7-18/h1-17H/b15-8+,24-16-. The largest absolute Gasteiger partial charge is 0.291 e. The SMILES string of the molecule is O=c1/c(=C/c2cn(-c3ccccc3)nc2-c2ccc(Cl)cc2)sc2nc(/C=C/c3ccc(F)cc3)nn12. The molecule has 0 saturated heterocycles. The highest BCUT2D eigenvalue weighted by Gasteiger charge is 2.14. The van der Waals surface area contributed by atoms with Crippen LogP contribution >= 0.6 is 22.9 Å². The van der Waals surface area contributed by atoms with E-state index >= 15 is 0 Å². The van der Waals surface area contributed by atoms with Gasteiger partial charge in [-0.1, -0.05) is 71.5 Å². The number of hydrogen-bond acceptors (Lipinski definition) is 5. The zero-order valence-corrected chi connectivity index (χ0v) is 20.7. The number of fused-ring (bicyclic) bond motifs is 1. The molecular formula is C28H17ClFN5OS. The third-order valence-electron chi connectivity index (χ3n) is 5.66. The molecule has 0 bridgehead atoms. The summed E-state index contributed by atoms with van der Waals surface area (Å²) in [5.41, 5.74) is 3.83. The quantitative estimate of drug-likeness (QED) is 0.297. The summed E-state index contributed by atoms with van der Waals surface area (Å²) >= 11 is 7.34. The second-order valence-electron chi connectivity index (χ2n) is 8.19. The van der Waals surface area contributed by atoms with Gasteiger partial charge in [-0.15, -0.1) is 5.10 Å². The summed E-state index contributed by atoms with van der Waals surface area (Å²) in [6.07, 6.45) is 7.17. The lowest BCUT2D eigenvalue weighted by molar-refractivity contribution is 0.628. The molecule has 0 radical (unpaired) electrons. The fourth-order valence-corrected chi connectivity index (χ4v) is 4.88. The molecule has 0 amide bonds. The Labute approximate surface area is 219 Å². The first-order valence-electron chi connectivity index (χ1n) is 11.3. The highest BCUT2D eigenvalue weighted by atomic mass is 35.5. The highest BCUT2D eigenvalue weighted by molar-refractivity contribution is 7.15. The topological polar surface area (TPSA) is 65.1 Å². The Kier molecular flexibility index (Phi) is 5.96. The monoisotopic (exact) mass is 525 g/mol. The first-order chi connectivity index (χ1) is 18.0. The summed E-state index contributed by atoms with van der Waals surface area (Å²) in [6, 6.07) is 23.3. The Hall–Kier alpha value is -4.40. The number of benzene rings is 3. The molecule has 6 nitrogen and oxygen atoms in total. The normalized spacial score (nSPS) is 12.2. The van der Waals surface area contributed by atoms with E-state index < -0.39 is 0 Å². The predicted octanol–water partition coefficient (Wildman–Crippen LogP) is 5.51. The van der Waals surface area contributed by atoms with Crippen molar-refractivity contribution in [2.45, 2.75) is 0 Å². The van der Waals surface area contributed by atoms with Crippen molar-refractivity contribution in [3.05, 3.63) is 128 Å². The van der Waals surface area contributed by atoms with Crippen LogP contribution in [-0.4, -0.2) is 24.4 Å². The molecule has 3 aromatic heterocycles. The van der Waals surface area contributed by atoms with Crippen LogP contribution in [0.4, 0.5) is 4.39 Å². The molecule has 37 heavy (non-hydrogen) atoms. The molecule has 0 spiro atoms. The Morgan fingerprint density at radius 2 is 1.65 bits per heavy atom. The van der Waals surface area contributed by atoms with Gasteiger partial charge in [-0.25, -0.2) is 9.07 Å². The molecule has 0 aliphatic heterocycles. The van der Waals surface area contributed by atoms with Gasteiger partial charge >= 0.3 is 0 Å². The van der Waals surface area contributed by atoms with Gasteiger partial charge in [0.2, 0.25) is 4.96 Å². The summed E-state index contributed by atoms with van der Waals surface area (Å²) in [7, 11) is 0. The third kappa shape index (κ3) is 4.72. The Morgan fingerprint density at radius 3 is 2.38 bits per heavy atom. The molecule has 0 saturated carbocycles. The number of halogens is 2. The van der Waals surface area contributed by atoms with Crippen molar-refractivity contribution in [2.24, 2.45) is 0 Å². The molecule has 3 aromatic carbocycles. The summed E-state index contributed by atoms with van der Waals surface area (Å²) in [6.45, 7) is 0. The average molecular weight is 526 g/mol. The summed E-state index contributed by atoms with van der Waals surface area (Å²) in [4.78, 5) is 18.1. The van der Waals surface area contributed by atoms with E-state index in [1.54, 1.807) is 29.0 Å². The van der Waals surface area contributed by atoms with E-state index in [1.165, 1.54) is 28.0 Å². The van der Waals surface area contributed by atoms with Crippen LogP contribution < -0.4 is 10.1 Å². The lowest BCUT2D eigenvalue weighted by atomic mass is 10.1. The molecule has 180 valence electrons. The molecule has 9 heteroatoms. The maximum Gasteiger partial charge on any atom is 0.291 e. The van der Waals surface area contributed by atoms with Crippen molar-refractivity contribution < 1.29 is 4.39 Å². The number of nitrogens with zero attached hydrogens (tertiary/aromatic N) is 5. The second-order valence-corrected chi connectivity index (χ2v) is 9.63. The lowest BCUT2D eigenvalue weighted by Crippen LogP contribution is -2.23. The Bertz CT molecular complexity index is 1860. The van der Waals surface area contributed by atoms with E-state index in [2.05, 4.69) is 10.1 Å². The zero-order chi connectivity index (χ0) is 25.4. The fraction of sp³-hybridized carbons (Fsp3) is 0. The van der Waals surface area contributed by atoms with Crippen LogP contribution in [0.1, 0.15) is 17.0 Å². The van der Waals surface area contributed by atoms with Crippen molar-refractivity contribution in [1.29, 1.82) is 0 Å². The van der Waals surface area contributed by atoms with E-state index in [1.807, 2.05) is 66.9 Å². The number of para-hydroxylation sites is 1. The van der Waals surface area contributed by atoms with Gasteiger partial charge in [0.05, 0.1) is 10.2 Å². The van der Waals surface area contributed by atoms with Gasteiger partial charge in [-0.05, 0) is 54.1 Å². The van der Waals surface area contributed by atoms with Crippen LogP contribution in [0.5, 0.6) is 0 Å². The number of hydrogen-bond donors (Lipinski definition) is 0. The van der Waals surface area contributed by atoms with Crippen LogP contribution in [0, 0.1) is 5.82 Å². The van der Waals surface area contributed by atoms with Crippen molar-refractivity contribution in [1.82, 2.24) is 24.4 Å². The average Bonchev–Trinajstić information content (AvgIpc) is 3.60. The zero-order valence-electron chi connectivity index (χ0n) is 19.1. The Morgan fingerprint density at radius 1 is 0.892 bits per heavy atom. The van der Waals surface area contributed by atoms with E-state index in [0.717, 1.165) is 28.1 Å². The molecule has 0 aliphatic rings. The predicted molar refractivity (Wildman–Crippen MR) is 145 cm³/mol. The molecule has 0 fully saturated rings. The first-order valence-corrected chi connectivity index (χ1v) is 12.5. The van der Waals surface area contributed by atoms with Crippen LogP contribution in [0.3, 0.4) is 0 Å². The molecular weight excluding hydrogens is 509 g/mol. The van der Waals surface area contributed by atoms with Crippen LogP contribution in [-0.2, 0) is 0 Å². The van der Waals surface area contributed by atoms with Crippen LogP contribution in [0.25, 0.3) is 40.1 Å². The number of rotatable bonds is 5. The van der Waals surface area contributed by atoms with Gasteiger partial charge in [0.15, 0.2) is 5.82 Å². The van der Waals surface area contributed by atoms with Gasteiger partial charge in [0.25, 0.3) is 5.56 Å². The van der Waals surface area contributed by atoms with Gasteiger partial charge in [0, 0.05) is 22.3 Å². The minimum absolute atomic E-state index is 0.261. The van der Waals surface area contributed by atoms with Gasteiger partial charge in [0.1, 0.15) is 11.5 Å². The minimum Gasteiger partial charge on any atom is -0.266 e. The maximum atomic E-state index is 13.2. The van der Waals surface area contributed by atoms with E-state index in [-0.39, 0.29) is 11.4 Å². The summed E-state index contributed by atoms with van der Waals surface area (Å²) < 4.78 is 16.7. The van der Waals surface area contributed by atoms with Crippen molar-refractivity contribution >= 4 is 46.1 Å². The summed E-state index contributed by atoms with van der Waals surface area (Å²) in [5, 5.41) is 9.76. The molecule has 0 aliphatic carbocycles. The number of thiazole rings is 1. The van der Waals surface area contributed by atoms with Crippen LogP contribution in [0.2, 0.25) is 5.02 Å². The maximum absolute atomic E-state index is 13.2. The summed E-state index contributed by atoms with van der Waals surface area (Å²) in [5.74, 6) is 0.101. The van der Waals surface area contributed by atoms with Crippen molar-refractivity contribution in [2.75, 3.05) is 0 Å². The van der Waals surface area contributed by atoms with Crippen molar-refractivity contribution in [3.8, 4) is 16.9 Å². The lowest BCUT2D eigenvalue weighted by Gasteiger charge is -2.00. The van der Waals surface area contributed by atoms with E-state index in [0.29, 0.717) is 20.3 Å². The molecule has 6 rings (SSSR count). The molecule has 0 N–H and O–H groups in total. The Balaban J connectivity index is 1.40. The molecule has 3 heterocycles. The second kappa shape index (κ2) is 9.57. The van der Waals surface area contributed by atoms with Crippen LogP contribution in [0.15, 0.2) is 89.9 Å². The van der Waals surface area contributed by atoms with Gasteiger partial charge in [-0.3, -0.25) is 4.79 Å². The van der Waals surface area contributed by atoms with Crippen molar-refractivity contribution in [3.63, 3.8) is 0 Å². The molecule has 0 unspecified atom stereocenters. The van der Waals surface area contributed by atoms with E-state index in [9.17, 15) is 9.18 Å². The third-order valence-corrected chi connectivity index (χ3v) is 6.87. The van der Waals surface area contributed by atoms with Gasteiger partial charge in [-0.2, -0.15) is 14.6 Å². The fourth-order valence-electron chi connectivity index (χ4n) is 3.84. The molecule has 6 aromatic rings. The van der Waals surface area contributed by atoms with E-state index in [4.69, 9.17) is 16.7 Å². The first kappa shape index (κ1) is 23.0. The number of aromatic nitrogens is 5. The highest BCUT2D eigenvalue weighted by Crippen LogP contribution is 2.26. The minimum atomic E-state index is -0.300. The molecule has 0 atom stereocenters. The smallest absolute Gasteiger partial charge is 0.266 e. The van der Waals surface area contributed by atoms with Gasteiger partial charge < -0.3 is 0 Å².